The fraction of sp³-hybridized carbons (Fsp3) is 0.385. The van der Waals surface area contributed by atoms with Gasteiger partial charge in [0.25, 0.3) is 0 Å². The molecular formula is C26H29NO4. The van der Waals surface area contributed by atoms with Crippen LogP contribution >= 0.6 is 0 Å². The molecule has 1 atom stereocenters. The Labute approximate surface area is 183 Å². The largest absolute Gasteiger partial charge is 0.486 e. The van der Waals surface area contributed by atoms with Gasteiger partial charge in [-0.3, -0.25) is 4.79 Å². The smallest absolute Gasteiger partial charge is 0.330 e. The molecule has 1 spiro atoms. The summed E-state index contributed by atoms with van der Waals surface area (Å²) in [6.45, 7) is 3.01. The molecule has 0 aromatic heterocycles. The molecular weight excluding hydrogens is 390 g/mol. The van der Waals surface area contributed by atoms with Gasteiger partial charge < -0.3 is 14.4 Å². The first kappa shape index (κ1) is 21.3. The van der Waals surface area contributed by atoms with Crippen molar-refractivity contribution in [3.63, 3.8) is 0 Å². The molecule has 0 radical (unpaired) electrons. The highest BCUT2D eigenvalue weighted by Crippen LogP contribution is 2.39. The van der Waals surface area contributed by atoms with Gasteiger partial charge in [0.2, 0.25) is 0 Å². The number of hydrogen-bond acceptors (Lipinski definition) is 5. The maximum absolute atomic E-state index is 13.0. The first-order chi connectivity index (χ1) is 15.1. The number of rotatable bonds is 5. The fourth-order valence-corrected chi connectivity index (χ4v) is 4.51. The Hall–Kier alpha value is -2.92. The number of carbonyl (C=O) groups excluding carboxylic acids is 2. The van der Waals surface area contributed by atoms with Gasteiger partial charge in [-0.2, -0.15) is 0 Å². The predicted molar refractivity (Wildman–Crippen MR) is 120 cm³/mol. The predicted octanol–water partition coefficient (Wildman–Crippen LogP) is 4.31. The summed E-state index contributed by atoms with van der Waals surface area (Å²) in [5.74, 6) is 0.353. The number of ether oxygens (including phenoxy) is 2. The Morgan fingerprint density at radius 1 is 1.16 bits per heavy atom. The van der Waals surface area contributed by atoms with Crippen molar-refractivity contribution in [3.8, 4) is 5.75 Å². The van der Waals surface area contributed by atoms with Crippen LogP contribution in [0.15, 0.2) is 54.6 Å². The summed E-state index contributed by atoms with van der Waals surface area (Å²) < 4.78 is 11.1. The average Bonchev–Trinajstić information content (AvgIpc) is 2.99. The number of Topliss-reactive ketones (excluding diaryl/α,β-unsaturated/α-hetero) is 1. The van der Waals surface area contributed by atoms with Crippen LogP contribution in [-0.4, -0.2) is 49.0 Å². The van der Waals surface area contributed by atoms with Crippen LogP contribution in [0.1, 0.15) is 47.2 Å². The lowest BCUT2D eigenvalue weighted by Crippen LogP contribution is -2.43. The number of ketones is 1. The Morgan fingerprint density at radius 3 is 2.81 bits per heavy atom. The lowest BCUT2D eigenvalue weighted by Gasteiger charge is -2.37. The van der Waals surface area contributed by atoms with Crippen molar-refractivity contribution < 1.29 is 19.1 Å². The highest BCUT2D eigenvalue weighted by Gasteiger charge is 2.41. The molecule has 5 heteroatoms. The molecule has 1 fully saturated rings. The summed E-state index contributed by atoms with van der Waals surface area (Å²) in [4.78, 5) is 26.8. The second-order valence-corrected chi connectivity index (χ2v) is 8.43. The molecule has 2 aliphatic rings. The van der Waals surface area contributed by atoms with Crippen LogP contribution in [0.5, 0.6) is 5.75 Å². The van der Waals surface area contributed by atoms with Crippen molar-refractivity contribution in [3.05, 3.63) is 71.3 Å². The molecule has 0 amide bonds. The molecule has 0 saturated carbocycles. The lowest BCUT2D eigenvalue weighted by atomic mass is 9.84. The van der Waals surface area contributed by atoms with Gasteiger partial charge in [0.1, 0.15) is 11.4 Å². The number of nitrogens with zero attached hydrogens (tertiary/aromatic N) is 1. The molecule has 2 heterocycles. The number of carbonyl (C=O) groups is 2. The summed E-state index contributed by atoms with van der Waals surface area (Å²) in [5, 5.41) is 0. The molecule has 0 aliphatic carbocycles. The second-order valence-electron chi connectivity index (χ2n) is 8.43. The van der Waals surface area contributed by atoms with E-state index in [-0.39, 0.29) is 5.78 Å². The summed E-state index contributed by atoms with van der Waals surface area (Å²) in [6, 6.07) is 16.1. The molecule has 1 saturated heterocycles. The zero-order chi connectivity index (χ0) is 21.7. The van der Waals surface area contributed by atoms with Crippen LogP contribution in [0.25, 0.3) is 6.08 Å². The van der Waals surface area contributed by atoms with E-state index in [4.69, 9.17) is 4.74 Å². The van der Waals surface area contributed by atoms with E-state index < -0.39 is 11.6 Å². The Bertz CT molecular complexity index is 969. The molecule has 1 unspecified atom stereocenters. The van der Waals surface area contributed by atoms with Crippen LogP contribution in [-0.2, 0) is 16.0 Å². The van der Waals surface area contributed by atoms with E-state index in [1.165, 1.54) is 18.7 Å². The van der Waals surface area contributed by atoms with Crippen molar-refractivity contribution in [2.45, 2.75) is 37.7 Å². The number of methoxy groups -OCH3 is 1. The minimum atomic E-state index is -0.422. The van der Waals surface area contributed by atoms with Crippen LogP contribution in [0.4, 0.5) is 0 Å². The van der Waals surface area contributed by atoms with Gasteiger partial charge in [0.05, 0.1) is 19.1 Å². The summed E-state index contributed by atoms with van der Waals surface area (Å²) in [5.41, 5.74) is 2.33. The summed E-state index contributed by atoms with van der Waals surface area (Å²) >= 11 is 0. The van der Waals surface area contributed by atoms with Gasteiger partial charge in [-0.1, -0.05) is 36.4 Å². The number of benzene rings is 2. The van der Waals surface area contributed by atoms with Gasteiger partial charge in [-0.25, -0.2) is 4.79 Å². The molecule has 5 nitrogen and oxygen atoms in total. The van der Waals surface area contributed by atoms with Gasteiger partial charge in [0.15, 0.2) is 5.78 Å². The Kier molecular flexibility index (Phi) is 6.52. The van der Waals surface area contributed by atoms with E-state index >= 15 is 0 Å². The van der Waals surface area contributed by atoms with Crippen molar-refractivity contribution in [2.24, 2.45) is 0 Å². The minimum Gasteiger partial charge on any atom is -0.486 e. The van der Waals surface area contributed by atoms with Gasteiger partial charge in [0, 0.05) is 25.6 Å². The molecule has 0 N–H and O–H groups in total. The first-order valence-electron chi connectivity index (χ1n) is 11.0. The van der Waals surface area contributed by atoms with Crippen LogP contribution < -0.4 is 4.74 Å². The molecule has 31 heavy (non-hydrogen) atoms. The lowest BCUT2D eigenvalue weighted by molar-refractivity contribution is -0.134. The van der Waals surface area contributed by atoms with E-state index in [9.17, 15) is 9.59 Å². The number of esters is 1. The summed E-state index contributed by atoms with van der Waals surface area (Å²) in [7, 11) is 1.34. The third kappa shape index (κ3) is 5.23. The van der Waals surface area contributed by atoms with Crippen molar-refractivity contribution in [1.29, 1.82) is 0 Å². The van der Waals surface area contributed by atoms with Crippen LogP contribution in [0.2, 0.25) is 0 Å². The average molecular weight is 420 g/mol. The van der Waals surface area contributed by atoms with Crippen molar-refractivity contribution in [2.75, 3.05) is 26.7 Å². The molecule has 0 bridgehead atoms. The number of likely N-dealkylation sites (tertiary alicyclic amines) is 1. The van der Waals surface area contributed by atoms with E-state index in [2.05, 4.69) is 33.9 Å². The molecule has 162 valence electrons. The fourth-order valence-electron chi connectivity index (χ4n) is 4.51. The van der Waals surface area contributed by atoms with E-state index in [1.807, 2.05) is 18.2 Å². The van der Waals surface area contributed by atoms with Crippen molar-refractivity contribution in [1.82, 2.24) is 4.90 Å². The van der Waals surface area contributed by atoms with Gasteiger partial charge in [-0.05, 0) is 55.1 Å². The topological polar surface area (TPSA) is 55.8 Å². The molecule has 4 rings (SSSR count). The SMILES string of the molecule is COC(=O)C=Cc1ccc2c(c1)C(=O)CC1(CCCN(CCc3ccccc3)CC1)O2. The number of hydrogen-bond donors (Lipinski definition) is 0. The Morgan fingerprint density at radius 2 is 2.00 bits per heavy atom. The number of fused-ring (bicyclic) bond motifs is 1. The molecule has 2 aromatic carbocycles. The minimum absolute atomic E-state index is 0.118. The summed E-state index contributed by atoms with van der Waals surface area (Å²) in [6.07, 6.45) is 7.24. The van der Waals surface area contributed by atoms with Crippen LogP contribution in [0.3, 0.4) is 0 Å². The molecule has 2 aromatic rings. The standard InChI is InChI=1S/C26H29NO4/c1-30-25(29)11-9-21-8-10-24-22(18-21)23(28)19-26(31-24)13-5-15-27(17-14-26)16-12-20-6-3-2-4-7-20/h2-4,6-11,18H,5,12-17,19H2,1H3. The van der Waals surface area contributed by atoms with E-state index in [0.717, 1.165) is 50.9 Å². The zero-order valence-electron chi connectivity index (χ0n) is 18.0. The molecule has 2 aliphatic heterocycles. The van der Waals surface area contributed by atoms with Crippen LogP contribution in [0, 0.1) is 0 Å². The third-order valence-electron chi connectivity index (χ3n) is 6.28. The van der Waals surface area contributed by atoms with Crippen molar-refractivity contribution >= 4 is 17.8 Å². The second kappa shape index (κ2) is 9.48. The first-order valence-corrected chi connectivity index (χ1v) is 11.0. The highest BCUT2D eigenvalue weighted by atomic mass is 16.5. The van der Waals surface area contributed by atoms with Gasteiger partial charge >= 0.3 is 5.97 Å². The highest BCUT2D eigenvalue weighted by molar-refractivity contribution is 6.01. The third-order valence-corrected chi connectivity index (χ3v) is 6.28. The van der Waals surface area contributed by atoms with E-state index in [1.54, 1.807) is 12.1 Å². The maximum Gasteiger partial charge on any atom is 0.330 e. The quantitative estimate of drug-likeness (QED) is 0.534. The van der Waals surface area contributed by atoms with E-state index in [0.29, 0.717) is 17.7 Å². The Balaban J connectivity index is 1.41. The zero-order valence-corrected chi connectivity index (χ0v) is 18.0. The maximum atomic E-state index is 13.0. The monoisotopic (exact) mass is 419 g/mol. The van der Waals surface area contributed by atoms with Gasteiger partial charge in [-0.15, -0.1) is 0 Å². The normalized spacial score (nSPS) is 21.5.